The molecule has 24 heavy (non-hydrogen) atoms. The van der Waals surface area contributed by atoms with Gasteiger partial charge in [0.2, 0.25) is 0 Å². The molecule has 2 fully saturated rings. The molecule has 0 saturated carbocycles. The maximum atomic E-state index is 12.4. The zero-order valence-electron chi connectivity index (χ0n) is 15.8. The summed E-state index contributed by atoms with van der Waals surface area (Å²) >= 11 is 0. The summed E-state index contributed by atoms with van der Waals surface area (Å²) in [6.07, 6.45) is 3.22. The lowest BCUT2D eigenvalue weighted by atomic mass is 10.0. The fraction of sp³-hybridized carbons (Fsp3) is 0.944. The maximum Gasteiger partial charge on any atom is 0.317 e. The SMILES string of the molecule is CC(C)C[C@H]1COCCN1C(=O)NCCCCN1CCN(C)CC1. The Morgan fingerprint density at radius 2 is 1.92 bits per heavy atom. The Morgan fingerprint density at radius 1 is 1.17 bits per heavy atom. The number of amides is 2. The molecule has 2 saturated heterocycles. The molecule has 1 N–H and O–H groups in total. The van der Waals surface area contributed by atoms with Crippen molar-refractivity contribution in [1.29, 1.82) is 0 Å². The number of carbonyl (C=O) groups excluding carboxylic acids is 1. The number of morpholine rings is 1. The zero-order valence-corrected chi connectivity index (χ0v) is 15.8. The Labute approximate surface area is 147 Å². The predicted octanol–water partition coefficient (Wildman–Crippen LogP) is 1.47. The third-order valence-electron chi connectivity index (χ3n) is 5.01. The first-order valence-electron chi connectivity index (χ1n) is 9.59. The number of ether oxygens (including phenoxy) is 1. The molecule has 0 radical (unpaired) electrons. The van der Waals surface area contributed by atoms with Crippen LogP contribution in [0.25, 0.3) is 0 Å². The van der Waals surface area contributed by atoms with Crippen LogP contribution in [0.1, 0.15) is 33.1 Å². The molecule has 2 rings (SSSR count). The van der Waals surface area contributed by atoms with Crippen LogP contribution in [0.4, 0.5) is 4.79 Å². The molecule has 0 aromatic heterocycles. The van der Waals surface area contributed by atoms with Crippen molar-refractivity contribution in [3.63, 3.8) is 0 Å². The van der Waals surface area contributed by atoms with Crippen LogP contribution in [0.15, 0.2) is 0 Å². The van der Waals surface area contributed by atoms with Crippen LogP contribution in [0, 0.1) is 5.92 Å². The van der Waals surface area contributed by atoms with Gasteiger partial charge in [-0.2, -0.15) is 0 Å². The van der Waals surface area contributed by atoms with Crippen LogP contribution in [-0.2, 0) is 4.74 Å². The minimum Gasteiger partial charge on any atom is -0.377 e. The third kappa shape index (κ3) is 6.57. The van der Waals surface area contributed by atoms with E-state index in [0.717, 1.165) is 32.4 Å². The number of hydrogen-bond acceptors (Lipinski definition) is 4. The van der Waals surface area contributed by atoms with Crippen molar-refractivity contribution in [2.24, 2.45) is 5.92 Å². The van der Waals surface area contributed by atoms with E-state index in [1.54, 1.807) is 0 Å². The van der Waals surface area contributed by atoms with Gasteiger partial charge in [0.1, 0.15) is 0 Å². The van der Waals surface area contributed by atoms with Crippen LogP contribution in [0.3, 0.4) is 0 Å². The Balaban J connectivity index is 1.59. The molecule has 140 valence electrons. The van der Waals surface area contributed by atoms with Gasteiger partial charge in [-0.1, -0.05) is 13.8 Å². The average molecular weight is 341 g/mol. The lowest BCUT2D eigenvalue weighted by Crippen LogP contribution is -2.53. The van der Waals surface area contributed by atoms with Crippen molar-refractivity contribution >= 4 is 6.03 Å². The van der Waals surface area contributed by atoms with Gasteiger partial charge >= 0.3 is 6.03 Å². The first kappa shape index (κ1) is 19.5. The number of hydrogen-bond donors (Lipinski definition) is 1. The molecular weight excluding hydrogens is 304 g/mol. The number of urea groups is 1. The zero-order chi connectivity index (χ0) is 17.4. The van der Waals surface area contributed by atoms with Crippen molar-refractivity contribution < 1.29 is 9.53 Å². The summed E-state index contributed by atoms with van der Waals surface area (Å²) in [5.74, 6) is 0.579. The van der Waals surface area contributed by atoms with Crippen molar-refractivity contribution in [1.82, 2.24) is 20.0 Å². The number of nitrogens with one attached hydrogen (secondary N) is 1. The van der Waals surface area contributed by atoms with Gasteiger partial charge in [-0.05, 0) is 38.8 Å². The Hall–Kier alpha value is -0.850. The lowest BCUT2D eigenvalue weighted by Gasteiger charge is -2.36. The topological polar surface area (TPSA) is 48.1 Å². The largest absolute Gasteiger partial charge is 0.377 e. The van der Waals surface area contributed by atoms with Gasteiger partial charge in [0.15, 0.2) is 0 Å². The summed E-state index contributed by atoms with van der Waals surface area (Å²) in [6.45, 7) is 13.1. The summed E-state index contributed by atoms with van der Waals surface area (Å²) in [5, 5.41) is 3.11. The minimum atomic E-state index is 0.0866. The van der Waals surface area contributed by atoms with E-state index in [-0.39, 0.29) is 12.1 Å². The molecule has 1 atom stereocenters. The van der Waals surface area contributed by atoms with Crippen molar-refractivity contribution in [2.45, 2.75) is 39.2 Å². The van der Waals surface area contributed by atoms with Gasteiger partial charge in [0.05, 0.1) is 19.3 Å². The Bertz CT molecular complexity index is 370. The van der Waals surface area contributed by atoms with E-state index in [9.17, 15) is 4.79 Å². The van der Waals surface area contributed by atoms with Crippen molar-refractivity contribution in [3.8, 4) is 0 Å². The molecule has 0 bridgehead atoms. The van der Waals surface area contributed by atoms with Gasteiger partial charge in [-0.25, -0.2) is 4.79 Å². The molecule has 0 aromatic rings. The number of nitrogens with zero attached hydrogens (tertiary/aromatic N) is 3. The fourth-order valence-electron chi connectivity index (χ4n) is 3.49. The smallest absolute Gasteiger partial charge is 0.317 e. The number of carbonyl (C=O) groups is 1. The van der Waals surface area contributed by atoms with Gasteiger partial charge in [-0.3, -0.25) is 0 Å². The van der Waals surface area contributed by atoms with Crippen LogP contribution in [-0.4, -0.2) is 92.8 Å². The van der Waals surface area contributed by atoms with Crippen LogP contribution in [0.2, 0.25) is 0 Å². The van der Waals surface area contributed by atoms with E-state index in [4.69, 9.17) is 4.74 Å². The minimum absolute atomic E-state index is 0.0866. The number of rotatable bonds is 7. The van der Waals surface area contributed by atoms with Gasteiger partial charge in [-0.15, -0.1) is 0 Å². The Morgan fingerprint density at radius 3 is 2.62 bits per heavy atom. The van der Waals surface area contributed by atoms with E-state index in [1.165, 1.54) is 26.2 Å². The highest BCUT2D eigenvalue weighted by molar-refractivity contribution is 5.74. The molecule has 2 heterocycles. The van der Waals surface area contributed by atoms with E-state index >= 15 is 0 Å². The monoisotopic (exact) mass is 340 g/mol. The quantitative estimate of drug-likeness (QED) is 0.713. The molecule has 2 amide bonds. The normalized spacial score (nSPS) is 23.7. The summed E-state index contributed by atoms with van der Waals surface area (Å²) in [4.78, 5) is 19.3. The van der Waals surface area contributed by atoms with Crippen LogP contribution in [0.5, 0.6) is 0 Å². The van der Waals surface area contributed by atoms with Gasteiger partial charge in [0, 0.05) is 39.3 Å². The standard InChI is InChI=1S/C18H36N4O2/c1-16(2)14-17-15-24-13-12-22(17)18(23)19-6-4-5-7-21-10-8-20(3)9-11-21/h16-17H,4-15H2,1-3H3,(H,19,23)/t17-/m0/s1. The maximum absolute atomic E-state index is 12.4. The first-order valence-corrected chi connectivity index (χ1v) is 9.59. The van der Waals surface area contributed by atoms with E-state index < -0.39 is 0 Å². The second-order valence-electron chi connectivity index (χ2n) is 7.64. The second-order valence-corrected chi connectivity index (χ2v) is 7.64. The predicted molar refractivity (Wildman–Crippen MR) is 97.3 cm³/mol. The highest BCUT2D eigenvalue weighted by atomic mass is 16.5. The molecule has 2 aliphatic rings. The van der Waals surface area contributed by atoms with Crippen LogP contribution < -0.4 is 5.32 Å². The Kier molecular flexibility index (Phi) is 8.29. The molecule has 0 spiro atoms. The van der Waals surface area contributed by atoms with E-state index in [1.807, 2.05) is 4.90 Å². The lowest BCUT2D eigenvalue weighted by molar-refractivity contribution is 0.00559. The van der Waals surface area contributed by atoms with Gasteiger partial charge in [0.25, 0.3) is 0 Å². The van der Waals surface area contributed by atoms with E-state index in [2.05, 4.69) is 36.0 Å². The summed E-state index contributed by atoms with van der Waals surface area (Å²) < 4.78 is 5.55. The van der Waals surface area contributed by atoms with Crippen LogP contribution >= 0.6 is 0 Å². The molecular formula is C18H36N4O2. The second kappa shape index (κ2) is 10.2. The fourth-order valence-corrected chi connectivity index (χ4v) is 3.49. The molecule has 0 unspecified atom stereocenters. The number of likely N-dealkylation sites (N-methyl/N-ethyl adjacent to an activating group) is 1. The summed E-state index contributed by atoms with van der Waals surface area (Å²) in [6, 6.07) is 0.313. The van der Waals surface area contributed by atoms with Crippen molar-refractivity contribution in [3.05, 3.63) is 0 Å². The molecule has 6 heteroatoms. The summed E-state index contributed by atoms with van der Waals surface area (Å²) in [7, 11) is 2.19. The molecule has 6 nitrogen and oxygen atoms in total. The number of piperazine rings is 1. The van der Waals surface area contributed by atoms with Gasteiger partial charge < -0.3 is 24.8 Å². The molecule has 0 aromatic carbocycles. The number of unbranched alkanes of at least 4 members (excludes halogenated alkanes) is 1. The first-order chi connectivity index (χ1) is 11.6. The third-order valence-corrected chi connectivity index (χ3v) is 5.01. The average Bonchev–Trinajstić information content (AvgIpc) is 2.56. The summed E-state index contributed by atoms with van der Waals surface area (Å²) in [5.41, 5.74) is 0. The molecule has 0 aliphatic carbocycles. The molecule has 2 aliphatic heterocycles. The highest BCUT2D eigenvalue weighted by Gasteiger charge is 2.27. The highest BCUT2D eigenvalue weighted by Crippen LogP contribution is 2.15. The van der Waals surface area contributed by atoms with Crippen molar-refractivity contribution in [2.75, 3.05) is 66.1 Å². The van der Waals surface area contributed by atoms with E-state index in [0.29, 0.717) is 25.7 Å².